The van der Waals surface area contributed by atoms with Gasteiger partial charge in [-0.3, -0.25) is 9.98 Å². The summed E-state index contributed by atoms with van der Waals surface area (Å²) < 4.78 is 0. The van der Waals surface area contributed by atoms with Gasteiger partial charge in [-0.25, -0.2) is 14.8 Å². The van der Waals surface area contributed by atoms with Gasteiger partial charge in [-0.2, -0.15) is 0 Å². The molecule has 2 unspecified atom stereocenters. The van der Waals surface area contributed by atoms with E-state index in [0.29, 0.717) is 11.7 Å². The first-order valence-electron chi connectivity index (χ1n) is 5.28. The first-order valence-corrected chi connectivity index (χ1v) is 5.28. The number of carboxylic acids is 1. The number of rotatable bonds is 3. The number of aliphatic imine (C=N–C) groups is 4. The van der Waals surface area contributed by atoms with Gasteiger partial charge >= 0.3 is 5.97 Å². The van der Waals surface area contributed by atoms with Crippen molar-refractivity contribution < 1.29 is 9.90 Å². The molecule has 7 nitrogen and oxygen atoms in total. The van der Waals surface area contributed by atoms with Crippen molar-refractivity contribution in [3.05, 3.63) is 0 Å². The van der Waals surface area contributed by atoms with Crippen molar-refractivity contribution in [3.63, 3.8) is 0 Å². The zero-order valence-corrected chi connectivity index (χ0v) is 9.53. The van der Waals surface area contributed by atoms with Crippen molar-refractivity contribution in [2.45, 2.75) is 25.9 Å². The lowest BCUT2D eigenvalue weighted by Gasteiger charge is -2.18. The zero-order chi connectivity index (χ0) is 12.4. The van der Waals surface area contributed by atoms with E-state index in [0.717, 1.165) is 0 Å². The van der Waals surface area contributed by atoms with Gasteiger partial charge in [0.1, 0.15) is 12.2 Å². The molecule has 2 N–H and O–H groups in total. The van der Waals surface area contributed by atoms with E-state index >= 15 is 0 Å². The number of carbonyl (C=O) groups is 1. The molecule has 2 atom stereocenters. The number of carboxylic acid groups (broad SMARTS) is 1. The molecule has 17 heavy (non-hydrogen) atoms. The van der Waals surface area contributed by atoms with E-state index < -0.39 is 12.0 Å². The summed E-state index contributed by atoms with van der Waals surface area (Å²) in [7, 11) is 0. The predicted octanol–water partition coefficient (Wildman–Crippen LogP) is -0.0654. The highest BCUT2D eigenvalue weighted by Gasteiger charge is 2.29. The second-order valence-corrected chi connectivity index (χ2v) is 4.10. The number of fused-ring (bicyclic) bond motifs is 1. The summed E-state index contributed by atoms with van der Waals surface area (Å²) in [6.45, 7) is 3.61. The number of hydrogen-bond donors (Lipinski definition) is 2. The molecule has 0 bridgehead atoms. The van der Waals surface area contributed by atoms with Crippen LogP contribution in [0, 0.1) is 5.92 Å². The Morgan fingerprint density at radius 2 is 2.35 bits per heavy atom. The van der Waals surface area contributed by atoms with Gasteiger partial charge in [-0.15, -0.1) is 0 Å². The summed E-state index contributed by atoms with van der Waals surface area (Å²) >= 11 is 0. The second-order valence-electron chi connectivity index (χ2n) is 4.10. The summed E-state index contributed by atoms with van der Waals surface area (Å²) in [4.78, 5) is 27.3. The number of amidine groups is 2. The quantitative estimate of drug-likeness (QED) is 0.716. The molecule has 7 heteroatoms. The minimum absolute atomic E-state index is 0.101. The Kier molecular flexibility index (Phi) is 2.99. The van der Waals surface area contributed by atoms with Gasteiger partial charge in [-0.05, 0) is 5.92 Å². The third-order valence-corrected chi connectivity index (χ3v) is 2.48. The third-order valence-electron chi connectivity index (χ3n) is 2.48. The highest BCUT2D eigenvalue weighted by molar-refractivity contribution is 6.21. The molecule has 2 aliphatic rings. The fraction of sp³-hybridized carbons (Fsp3) is 0.500. The molecule has 0 aromatic heterocycles. The van der Waals surface area contributed by atoms with Gasteiger partial charge in [-0.1, -0.05) is 13.8 Å². The average Bonchev–Trinajstić information content (AvgIpc) is 2.73. The molecule has 0 saturated carbocycles. The van der Waals surface area contributed by atoms with E-state index in [1.165, 1.54) is 12.7 Å². The maximum atomic E-state index is 11.1. The fourth-order valence-electron chi connectivity index (χ4n) is 1.58. The normalized spacial score (nSPS) is 25.7. The molecule has 90 valence electrons. The molecule has 0 aliphatic carbocycles. The highest BCUT2D eigenvalue weighted by atomic mass is 16.4. The molecule has 0 fully saturated rings. The van der Waals surface area contributed by atoms with E-state index in [-0.39, 0.29) is 12.0 Å². The van der Waals surface area contributed by atoms with Gasteiger partial charge < -0.3 is 10.4 Å². The predicted molar refractivity (Wildman–Crippen MR) is 65.0 cm³/mol. The van der Waals surface area contributed by atoms with Gasteiger partial charge in [0.2, 0.25) is 0 Å². The Bertz CT molecular complexity index is 450. The molecule has 2 rings (SSSR count). The molecular weight excluding hydrogens is 222 g/mol. The summed E-state index contributed by atoms with van der Waals surface area (Å²) in [6, 6.07) is -1.20. The first-order chi connectivity index (χ1) is 8.09. The molecule has 0 saturated heterocycles. The Hall–Kier alpha value is -2.05. The summed E-state index contributed by atoms with van der Waals surface area (Å²) in [5, 5.41) is 11.9. The van der Waals surface area contributed by atoms with Crippen LogP contribution in [0.15, 0.2) is 20.0 Å². The van der Waals surface area contributed by atoms with Crippen LogP contribution in [0.2, 0.25) is 0 Å². The van der Waals surface area contributed by atoms with Crippen LogP contribution in [0.5, 0.6) is 0 Å². The Balaban J connectivity index is 2.29. The van der Waals surface area contributed by atoms with Crippen LogP contribution in [0.3, 0.4) is 0 Å². The molecule has 2 aliphatic heterocycles. The second kappa shape index (κ2) is 4.44. The van der Waals surface area contributed by atoms with E-state index in [1.54, 1.807) is 13.8 Å². The van der Waals surface area contributed by atoms with Gasteiger partial charge in [0, 0.05) is 0 Å². The van der Waals surface area contributed by atoms with Crippen molar-refractivity contribution in [3.8, 4) is 0 Å². The molecule has 0 aromatic carbocycles. The van der Waals surface area contributed by atoms with Crippen LogP contribution in [0.4, 0.5) is 0 Å². The molecule has 0 aromatic rings. The van der Waals surface area contributed by atoms with Crippen molar-refractivity contribution in [2.75, 3.05) is 0 Å². The van der Waals surface area contributed by atoms with E-state index in [2.05, 4.69) is 25.3 Å². The smallest absolute Gasteiger partial charge is 0.328 e. The van der Waals surface area contributed by atoms with Gasteiger partial charge in [0.25, 0.3) is 0 Å². The van der Waals surface area contributed by atoms with Crippen LogP contribution < -0.4 is 5.32 Å². The lowest BCUT2D eigenvalue weighted by molar-refractivity contribution is -0.139. The van der Waals surface area contributed by atoms with Gasteiger partial charge in [0.05, 0.1) is 6.34 Å². The summed E-state index contributed by atoms with van der Waals surface area (Å²) in [5.74, 6) is -0.0402. The SMILES string of the molecule is CC(C)C(N=C1N=CNC2=NC=NC12)C(=O)O. The molecule has 2 heterocycles. The van der Waals surface area contributed by atoms with Crippen molar-refractivity contribution in [2.24, 2.45) is 25.9 Å². The maximum absolute atomic E-state index is 11.1. The van der Waals surface area contributed by atoms with Crippen LogP contribution in [0.25, 0.3) is 0 Å². The van der Waals surface area contributed by atoms with Gasteiger partial charge in [0.15, 0.2) is 17.9 Å². The molecule has 0 amide bonds. The molecule has 0 spiro atoms. The monoisotopic (exact) mass is 235 g/mol. The topological polar surface area (TPSA) is 98.8 Å². The number of hydrogen-bond acceptors (Lipinski definition) is 5. The zero-order valence-electron chi connectivity index (χ0n) is 9.53. The fourth-order valence-corrected chi connectivity index (χ4v) is 1.58. The number of nitrogens with zero attached hydrogens (tertiary/aromatic N) is 4. The van der Waals surface area contributed by atoms with E-state index in [1.807, 2.05) is 0 Å². The standard InChI is InChI=1S/C10H13N5O2/c1-5(2)6(10(16)17)15-9-7-8(12-3-11-7)13-4-14-9/h3-7H,1-2H3,(H,16,17)(H,11,12,13,14,15). The average molecular weight is 235 g/mol. The van der Waals surface area contributed by atoms with Crippen molar-refractivity contribution in [1.82, 2.24) is 5.32 Å². The maximum Gasteiger partial charge on any atom is 0.328 e. The van der Waals surface area contributed by atoms with E-state index in [9.17, 15) is 4.79 Å². The lowest BCUT2D eigenvalue weighted by atomic mass is 10.1. The van der Waals surface area contributed by atoms with Crippen LogP contribution in [0.1, 0.15) is 13.8 Å². The third kappa shape index (κ3) is 2.22. The lowest BCUT2D eigenvalue weighted by Crippen LogP contribution is -2.41. The Labute approximate surface area is 98.1 Å². The van der Waals surface area contributed by atoms with Crippen LogP contribution in [-0.4, -0.2) is 47.5 Å². The van der Waals surface area contributed by atoms with Crippen LogP contribution in [-0.2, 0) is 4.79 Å². The Morgan fingerprint density at radius 3 is 3.00 bits per heavy atom. The van der Waals surface area contributed by atoms with E-state index in [4.69, 9.17) is 5.11 Å². The molecular formula is C10H13N5O2. The van der Waals surface area contributed by atoms with Crippen LogP contribution >= 0.6 is 0 Å². The minimum atomic E-state index is -0.957. The van der Waals surface area contributed by atoms with Crippen molar-refractivity contribution in [1.29, 1.82) is 0 Å². The number of aliphatic carboxylic acids is 1. The number of nitrogens with one attached hydrogen (secondary N) is 1. The Morgan fingerprint density at radius 1 is 1.59 bits per heavy atom. The molecule has 0 radical (unpaired) electrons. The first kappa shape index (κ1) is 11.4. The highest BCUT2D eigenvalue weighted by Crippen LogP contribution is 2.12. The summed E-state index contributed by atoms with van der Waals surface area (Å²) in [5.41, 5.74) is 0. The van der Waals surface area contributed by atoms with Crippen molar-refractivity contribution >= 4 is 30.3 Å². The minimum Gasteiger partial charge on any atom is -0.480 e. The largest absolute Gasteiger partial charge is 0.480 e. The summed E-state index contributed by atoms with van der Waals surface area (Å²) in [6.07, 6.45) is 2.87.